The van der Waals surface area contributed by atoms with Gasteiger partial charge in [0.25, 0.3) is 11.5 Å². The highest BCUT2D eigenvalue weighted by Crippen LogP contribution is 2.34. The molecule has 2 N–H and O–H groups in total. The van der Waals surface area contributed by atoms with E-state index in [1.54, 1.807) is 6.20 Å². The van der Waals surface area contributed by atoms with Crippen molar-refractivity contribution in [1.29, 1.82) is 0 Å². The number of amides is 1. The van der Waals surface area contributed by atoms with Crippen molar-refractivity contribution in [3.63, 3.8) is 0 Å². The van der Waals surface area contributed by atoms with Gasteiger partial charge in [-0.25, -0.2) is 0 Å². The highest BCUT2D eigenvalue weighted by Gasteiger charge is 2.29. The molecule has 3 heterocycles. The Kier molecular flexibility index (Phi) is 5.55. The number of piperidine rings is 1. The average Bonchev–Trinajstić information content (AvgIpc) is 3.42. The Morgan fingerprint density at radius 2 is 1.85 bits per heavy atom. The lowest BCUT2D eigenvalue weighted by atomic mass is 9.86. The van der Waals surface area contributed by atoms with E-state index in [0.717, 1.165) is 54.1 Å². The minimum Gasteiger partial charge on any atom is -0.390 e. The first-order valence-corrected chi connectivity index (χ1v) is 12.3. The second kappa shape index (κ2) is 8.28. The van der Waals surface area contributed by atoms with E-state index >= 15 is 0 Å². The zero-order valence-corrected chi connectivity index (χ0v) is 19.9. The molecule has 1 saturated carbocycles. The molecular weight excluding hydrogens is 416 g/mol. The Morgan fingerprint density at radius 1 is 1.15 bits per heavy atom. The van der Waals surface area contributed by atoms with Crippen LogP contribution in [-0.4, -0.2) is 49.4 Å². The molecule has 2 aromatic heterocycles. The monoisotopic (exact) mass is 450 g/mol. The molecule has 0 unspecified atom stereocenters. The Morgan fingerprint density at radius 3 is 2.52 bits per heavy atom. The number of nitrogens with zero attached hydrogens (tertiary/aromatic N) is 3. The van der Waals surface area contributed by atoms with Crippen LogP contribution >= 0.6 is 0 Å². The average molecular weight is 451 g/mol. The smallest absolute Gasteiger partial charge is 0.259 e. The predicted octanol–water partition coefficient (Wildman–Crippen LogP) is 4.31. The van der Waals surface area contributed by atoms with E-state index in [4.69, 9.17) is 0 Å². The molecule has 1 aliphatic carbocycles. The standard InChI is InChI=1S/C26H34N4O3/c1-16-12-22-20(23-21(24(31)28-22)15-27-30(23)18-6-4-5-7-18)13-19(16)25(32)29-10-8-17(9-11-29)14-26(2,3)33/h12-13,15,17-18,33H,4-11,14H2,1-3H3,(H,28,31). The van der Waals surface area contributed by atoms with E-state index in [-0.39, 0.29) is 11.5 Å². The molecule has 2 fully saturated rings. The van der Waals surface area contributed by atoms with Crippen LogP contribution in [0, 0.1) is 12.8 Å². The number of aryl methyl sites for hydroxylation is 1. The van der Waals surface area contributed by atoms with Gasteiger partial charge in [0, 0.05) is 24.0 Å². The summed E-state index contributed by atoms with van der Waals surface area (Å²) in [6, 6.07) is 4.19. The molecule has 7 nitrogen and oxygen atoms in total. The number of pyridine rings is 1. The molecule has 33 heavy (non-hydrogen) atoms. The molecule has 0 spiro atoms. The number of carbonyl (C=O) groups is 1. The van der Waals surface area contributed by atoms with Gasteiger partial charge in [0.15, 0.2) is 0 Å². The maximum atomic E-state index is 13.5. The lowest BCUT2D eigenvalue weighted by Gasteiger charge is -2.34. The zero-order valence-electron chi connectivity index (χ0n) is 19.9. The normalized spacial score (nSPS) is 18.6. The van der Waals surface area contributed by atoms with Crippen molar-refractivity contribution in [2.75, 3.05) is 13.1 Å². The Labute approximate surface area is 193 Å². The number of carbonyl (C=O) groups excluding carboxylic acids is 1. The SMILES string of the molecule is Cc1cc2[nH]c(=O)c3cnn(C4CCCC4)c3c2cc1C(=O)N1CCC(CC(C)(C)O)CC1. The summed E-state index contributed by atoms with van der Waals surface area (Å²) in [7, 11) is 0. The quantitative estimate of drug-likeness (QED) is 0.619. The fraction of sp³-hybridized carbons (Fsp3) is 0.577. The summed E-state index contributed by atoms with van der Waals surface area (Å²) in [6.45, 7) is 7.05. The second-order valence-electron chi connectivity index (χ2n) is 10.7. The van der Waals surface area contributed by atoms with Crippen LogP contribution < -0.4 is 5.56 Å². The molecule has 1 aromatic carbocycles. The van der Waals surface area contributed by atoms with Gasteiger partial charge >= 0.3 is 0 Å². The highest BCUT2D eigenvalue weighted by molar-refractivity contribution is 6.07. The van der Waals surface area contributed by atoms with Gasteiger partial charge in [-0.15, -0.1) is 0 Å². The summed E-state index contributed by atoms with van der Waals surface area (Å²) in [6.07, 6.45) is 8.76. The fourth-order valence-corrected chi connectivity index (χ4v) is 5.87. The third-order valence-corrected chi connectivity index (χ3v) is 7.50. The van der Waals surface area contributed by atoms with Crippen molar-refractivity contribution in [1.82, 2.24) is 19.7 Å². The number of benzene rings is 1. The van der Waals surface area contributed by atoms with Crippen LogP contribution in [0.5, 0.6) is 0 Å². The van der Waals surface area contributed by atoms with E-state index in [2.05, 4.69) is 10.1 Å². The Balaban J connectivity index is 1.50. The molecule has 1 saturated heterocycles. The number of likely N-dealkylation sites (tertiary alicyclic amines) is 1. The largest absolute Gasteiger partial charge is 0.390 e. The van der Waals surface area contributed by atoms with Crippen molar-refractivity contribution in [2.45, 2.75) is 77.4 Å². The van der Waals surface area contributed by atoms with Crippen molar-refractivity contribution >= 4 is 27.7 Å². The summed E-state index contributed by atoms with van der Waals surface area (Å²) >= 11 is 0. The summed E-state index contributed by atoms with van der Waals surface area (Å²) < 4.78 is 2.02. The number of aromatic amines is 1. The van der Waals surface area contributed by atoms with E-state index in [9.17, 15) is 14.7 Å². The Bertz CT molecular complexity index is 1250. The summed E-state index contributed by atoms with van der Waals surface area (Å²) in [4.78, 5) is 31.2. The number of nitrogens with one attached hydrogen (secondary N) is 1. The molecule has 176 valence electrons. The van der Waals surface area contributed by atoms with Crippen LogP contribution in [0.2, 0.25) is 0 Å². The van der Waals surface area contributed by atoms with Crippen LogP contribution in [0.15, 0.2) is 23.1 Å². The number of hydrogen-bond donors (Lipinski definition) is 2. The van der Waals surface area contributed by atoms with Gasteiger partial charge in [0.1, 0.15) is 0 Å². The van der Waals surface area contributed by atoms with Gasteiger partial charge in [-0.3, -0.25) is 14.3 Å². The van der Waals surface area contributed by atoms with Crippen LogP contribution in [0.1, 0.15) is 80.8 Å². The van der Waals surface area contributed by atoms with Gasteiger partial charge in [-0.1, -0.05) is 12.8 Å². The lowest BCUT2D eigenvalue weighted by molar-refractivity contribution is 0.0358. The first-order valence-electron chi connectivity index (χ1n) is 12.3. The first kappa shape index (κ1) is 22.1. The number of hydrogen-bond acceptors (Lipinski definition) is 4. The number of aliphatic hydroxyl groups is 1. The molecule has 0 bridgehead atoms. The molecule has 1 aliphatic heterocycles. The van der Waals surface area contributed by atoms with Gasteiger partial charge in [0.05, 0.1) is 34.3 Å². The van der Waals surface area contributed by atoms with Crippen molar-refractivity contribution in [3.05, 3.63) is 39.8 Å². The second-order valence-corrected chi connectivity index (χ2v) is 10.7. The number of fused-ring (bicyclic) bond motifs is 3. The van der Waals surface area contributed by atoms with E-state index in [1.807, 2.05) is 42.5 Å². The third kappa shape index (κ3) is 4.19. The molecule has 0 radical (unpaired) electrons. The van der Waals surface area contributed by atoms with Gasteiger partial charge < -0.3 is 15.0 Å². The van der Waals surface area contributed by atoms with Crippen LogP contribution in [0.3, 0.4) is 0 Å². The Hall–Kier alpha value is -2.67. The number of aromatic nitrogens is 3. The topological polar surface area (TPSA) is 91.2 Å². The fourth-order valence-electron chi connectivity index (χ4n) is 5.87. The van der Waals surface area contributed by atoms with E-state index in [1.165, 1.54) is 12.8 Å². The van der Waals surface area contributed by atoms with Crippen molar-refractivity contribution in [2.24, 2.45) is 5.92 Å². The molecular formula is C26H34N4O3. The van der Waals surface area contributed by atoms with E-state index in [0.29, 0.717) is 36.0 Å². The lowest BCUT2D eigenvalue weighted by Crippen LogP contribution is -2.40. The summed E-state index contributed by atoms with van der Waals surface area (Å²) in [5.41, 5.74) is 2.36. The van der Waals surface area contributed by atoms with Gasteiger partial charge in [0.2, 0.25) is 0 Å². The minimum absolute atomic E-state index is 0.0439. The predicted molar refractivity (Wildman–Crippen MR) is 130 cm³/mol. The number of H-pyrrole nitrogens is 1. The zero-order chi connectivity index (χ0) is 23.3. The highest BCUT2D eigenvalue weighted by atomic mass is 16.3. The third-order valence-electron chi connectivity index (χ3n) is 7.50. The maximum Gasteiger partial charge on any atom is 0.259 e. The van der Waals surface area contributed by atoms with Gasteiger partial charge in [-0.05, 0) is 76.5 Å². The van der Waals surface area contributed by atoms with Crippen LogP contribution in [-0.2, 0) is 0 Å². The van der Waals surface area contributed by atoms with Crippen LogP contribution in [0.4, 0.5) is 0 Å². The molecule has 5 rings (SSSR count). The molecule has 1 amide bonds. The number of rotatable bonds is 4. The summed E-state index contributed by atoms with van der Waals surface area (Å²) in [5.74, 6) is 0.486. The minimum atomic E-state index is -0.670. The molecule has 7 heteroatoms. The van der Waals surface area contributed by atoms with Crippen molar-refractivity contribution in [3.8, 4) is 0 Å². The molecule has 3 aromatic rings. The summed E-state index contributed by atoms with van der Waals surface area (Å²) in [5, 5.41) is 16.2. The molecule has 2 aliphatic rings. The van der Waals surface area contributed by atoms with Gasteiger partial charge in [-0.2, -0.15) is 5.10 Å². The van der Waals surface area contributed by atoms with Crippen molar-refractivity contribution < 1.29 is 9.90 Å². The first-order chi connectivity index (χ1) is 15.7. The molecule has 0 atom stereocenters. The maximum absolute atomic E-state index is 13.5. The van der Waals surface area contributed by atoms with E-state index < -0.39 is 5.60 Å². The van der Waals surface area contributed by atoms with Crippen LogP contribution in [0.25, 0.3) is 21.8 Å².